The smallest absolute Gasteiger partial charge is 0.262 e. The van der Waals surface area contributed by atoms with E-state index >= 15 is 0 Å². The number of nitroso groups, excluding NO2 is 3. The molecular weight excluding hydrogens is 431 g/mol. The van der Waals surface area contributed by atoms with Crippen molar-refractivity contribution in [3.63, 3.8) is 0 Å². The Labute approximate surface area is 217 Å². The Balaban J connectivity index is 0.00000544. The van der Waals surface area contributed by atoms with E-state index in [0.717, 1.165) is 11.1 Å². The normalized spacial score (nSPS) is 12.2. The molecule has 33 heavy (non-hydrogen) atoms. The molecule has 0 N–H and O–H groups in total. The van der Waals surface area contributed by atoms with E-state index in [1.165, 1.54) is 15.0 Å². The van der Waals surface area contributed by atoms with Gasteiger partial charge in [-0.25, -0.2) is 0 Å². The van der Waals surface area contributed by atoms with Crippen molar-refractivity contribution in [3.8, 4) is 0 Å². The molecule has 2 aromatic carbocycles. The SMILES string of the molecule is CC(C)C(CN(N=O)C(Cc1ccccc1)CN(C)N=O)N(CCc1ccccc1)N=O.[Na+]. The summed E-state index contributed by atoms with van der Waals surface area (Å²) in [5.41, 5.74) is 2.12. The van der Waals surface area contributed by atoms with Crippen molar-refractivity contribution >= 4 is 0 Å². The third kappa shape index (κ3) is 9.57. The van der Waals surface area contributed by atoms with Crippen LogP contribution >= 0.6 is 0 Å². The molecule has 0 fully saturated rings. The zero-order chi connectivity index (χ0) is 23.3. The first-order chi connectivity index (χ1) is 15.5. The quantitative estimate of drug-likeness (QED) is 0.225. The van der Waals surface area contributed by atoms with Crippen molar-refractivity contribution in [2.24, 2.45) is 21.8 Å². The zero-order valence-electron chi connectivity index (χ0n) is 19.9. The van der Waals surface area contributed by atoms with Crippen LogP contribution in [-0.2, 0) is 12.8 Å². The van der Waals surface area contributed by atoms with Crippen molar-refractivity contribution in [2.45, 2.75) is 38.8 Å². The predicted molar refractivity (Wildman–Crippen MR) is 126 cm³/mol. The Morgan fingerprint density at radius 3 is 1.79 bits per heavy atom. The Hall–Kier alpha value is -2.36. The van der Waals surface area contributed by atoms with Gasteiger partial charge in [0.05, 0.1) is 41.0 Å². The summed E-state index contributed by atoms with van der Waals surface area (Å²) >= 11 is 0. The van der Waals surface area contributed by atoms with Crippen molar-refractivity contribution in [1.82, 2.24) is 15.0 Å². The van der Waals surface area contributed by atoms with Crippen molar-refractivity contribution in [3.05, 3.63) is 86.5 Å². The summed E-state index contributed by atoms with van der Waals surface area (Å²) < 4.78 is 0. The van der Waals surface area contributed by atoms with E-state index in [-0.39, 0.29) is 60.6 Å². The number of hydrogen-bond acceptors (Lipinski definition) is 6. The molecular formula is C23H32N6NaO3+. The Bertz CT molecular complexity index is 827. The summed E-state index contributed by atoms with van der Waals surface area (Å²) in [6, 6.07) is 18.8. The van der Waals surface area contributed by atoms with Crippen LogP contribution in [-0.4, -0.2) is 53.8 Å². The molecule has 2 atom stereocenters. The van der Waals surface area contributed by atoms with E-state index in [4.69, 9.17) is 0 Å². The van der Waals surface area contributed by atoms with Crippen molar-refractivity contribution in [1.29, 1.82) is 0 Å². The molecule has 0 saturated heterocycles. The van der Waals surface area contributed by atoms with Crippen LogP contribution in [0, 0.1) is 20.6 Å². The van der Waals surface area contributed by atoms with Gasteiger partial charge in [0.1, 0.15) is 0 Å². The topological polar surface area (TPSA) is 98.0 Å². The minimum atomic E-state index is -0.388. The number of nitrogens with zero attached hydrogens (tertiary/aromatic N) is 6. The van der Waals surface area contributed by atoms with Crippen LogP contribution in [0.25, 0.3) is 0 Å². The average molecular weight is 464 g/mol. The maximum absolute atomic E-state index is 11.9. The predicted octanol–water partition coefficient (Wildman–Crippen LogP) is 1.45. The maximum atomic E-state index is 11.9. The summed E-state index contributed by atoms with van der Waals surface area (Å²) in [7, 11) is 1.56. The van der Waals surface area contributed by atoms with Gasteiger partial charge in [0.2, 0.25) is 0 Å². The summed E-state index contributed by atoms with van der Waals surface area (Å²) in [4.78, 5) is 34.6. The molecule has 2 aromatic rings. The van der Waals surface area contributed by atoms with Gasteiger partial charge >= 0.3 is 29.6 Å². The number of likely N-dealkylation sites (N-methyl/N-ethyl adjacent to an activating group) is 1. The molecule has 0 aliphatic carbocycles. The Kier molecular flexibility index (Phi) is 13.4. The number of benzene rings is 2. The third-order valence-corrected chi connectivity index (χ3v) is 5.56. The van der Waals surface area contributed by atoms with Gasteiger partial charge in [-0.3, -0.25) is 15.0 Å². The van der Waals surface area contributed by atoms with Crippen LogP contribution in [0.3, 0.4) is 0 Å². The fourth-order valence-corrected chi connectivity index (χ4v) is 3.73. The van der Waals surface area contributed by atoms with Crippen molar-refractivity contribution < 1.29 is 29.6 Å². The standard InChI is InChI=1S/C23H32N6O3.Na/c1-19(2)23(28(25-31)15-14-20-10-6-4-7-11-20)18-29(26-32)22(17-27(3)24-30)16-21-12-8-5-9-13-21;/h4-13,19,22-23H,14-18H2,1-3H3;/q;+1. The van der Waals surface area contributed by atoms with Gasteiger partial charge in [0, 0.05) is 13.6 Å². The monoisotopic (exact) mass is 463 g/mol. The van der Waals surface area contributed by atoms with Crippen LogP contribution in [0.2, 0.25) is 0 Å². The van der Waals surface area contributed by atoms with Gasteiger partial charge in [-0.15, -0.1) is 14.7 Å². The molecule has 2 unspecified atom stereocenters. The van der Waals surface area contributed by atoms with E-state index in [1.54, 1.807) is 7.05 Å². The number of rotatable bonds is 15. The van der Waals surface area contributed by atoms with Crippen LogP contribution in [0.4, 0.5) is 0 Å². The molecule has 0 heterocycles. The van der Waals surface area contributed by atoms with Gasteiger partial charge in [-0.05, 0) is 29.9 Å². The molecule has 0 radical (unpaired) electrons. The zero-order valence-corrected chi connectivity index (χ0v) is 21.9. The first-order valence-electron chi connectivity index (χ1n) is 10.8. The Morgan fingerprint density at radius 1 is 0.758 bits per heavy atom. The fourth-order valence-electron chi connectivity index (χ4n) is 3.73. The molecule has 2 rings (SSSR count). The molecule has 0 bridgehead atoms. The first kappa shape index (κ1) is 28.7. The minimum Gasteiger partial charge on any atom is -0.262 e. The molecule has 172 valence electrons. The average Bonchev–Trinajstić information content (AvgIpc) is 2.82. The van der Waals surface area contributed by atoms with Crippen LogP contribution in [0.15, 0.2) is 76.5 Å². The van der Waals surface area contributed by atoms with Crippen LogP contribution in [0.5, 0.6) is 0 Å². The van der Waals surface area contributed by atoms with Crippen molar-refractivity contribution in [2.75, 3.05) is 26.7 Å². The summed E-state index contributed by atoms with van der Waals surface area (Å²) in [6.45, 7) is 4.85. The maximum Gasteiger partial charge on any atom is 1.00 e. The second kappa shape index (κ2) is 15.5. The summed E-state index contributed by atoms with van der Waals surface area (Å²) in [5, 5.41) is 13.7. The first-order valence-corrected chi connectivity index (χ1v) is 10.8. The minimum absolute atomic E-state index is 0. The molecule has 0 aromatic heterocycles. The molecule has 0 aliphatic heterocycles. The van der Waals surface area contributed by atoms with Crippen LogP contribution in [0.1, 0.15) is 25.0 Å². The van der Waals surface area contributed by atoms with Gasteiger partial charge in [-0.1, -0.05) is 74.5 Å². The van der Waals surface area contributed by atoms with E-state index in [9.17, 15) is 14.7 Å². The second-order valence-electron chi connectivity index (χ2n) is 8.26. The second-order valence-corrected chi connectivity index (χ2v) is 8.26. The van der Waals surface area contributed by atoms with E-state index in [0.29, 0.717) is 19.4 Å². The molecule has 0 aliphatic rings. The largest absolute Gasteiger partial charge is 1.00 e. The van der Waals surface area contributed by atoms with E-state index < -0.39 is 0 Å². The fraction of sp³-hybridized carbons (Fsp3) is 0.478. The van der Waals surface area contributed by atoms with E-state index in [1.807, 2.05) is 74.5 Å². The van der Waals surface area contributed by atoms with Crippen LogP contribution < -0.4 is 29.6 Å². The summed E-state index contributed by atoms with van der Waals surface area (Å²) in [5.74, 6) is 0.0482. The third-order valence-electron chi connectivity index (χ3n) is 5.56. The Morgan fingerprint density at radius 2 is 1.30 bits per heavy atom. The molecule has 0 spiro atoms. The molecule has 0 saturated carbocycles. The van der Waals surface area contributed by atoms with Gasteiger partial charge < -0.3 is 0 Å². The van der Waals surface area contributed by atoms with Gasteiger partial charge in [-0.2, -0.15) is 0 Å². The molecule has 0 amide bonds. The van der Waals surface area contributed by atoms with Gasteiger partial charge in [0.25, 0.3) is 0 Å². The molecule has 10 heteroatoms. The van der Waals surface area contributed by atoms with Gasteiger partial charge in [0.15, 0.2) is 0 Å². The summed E-state index contributed by atoms with van der Waals surface area (Å²) in [6.07, 6.45) is 1.17. The van der Waals surface area contributed by atoms with E-state index in [2.05, 4.69) is 15.9 Å². The molecule has 9 nitrogen and oxygen atoms in total. The number of hydrogen-bond donors (Lipinski definition) is 0.